The van der Waals surface area contributed by atoms with Crippen molar-refractivity contribution in [2.45, 2.75) is 91.9 Å². The fourth-order valence-electron chi connectivity index (χ4n) is 16.3. The van der Waals surface area contributed by atoms with E-state index in [1.165, 1.54) is 100 Å². The molecule has 4 aliphatic carbocycles. The minimum absolute atomic E-state index is 0. The number of hydrogen-bond donors (Lipinski definition) is 0. The van der Waals surface area contributed by atoms with Crippen molar-refractivity contribution in [3.8, 4) is 112 Å². The zero-order chi connectivity index (χ0) is 66.7. The van der Waals surface area contributed by atoms with E-state index in [4.69, 9.17) is 19.9 Å². The average Bonchev–Trinajstić information content (AvgIpc) is 1.70. The molecule has 4 nitrogen and oxygen atoms in total. The molecule has 0 saturated heterocycles. The largest absolute Gasteiger partial charge is 1.00 e. The first-order chi connectivity index (χ1) is 47.6. The second kappa shape index (κ2) is 26.0. The monoisotopic (exact) mass is 1300 g/mol. The molecule has 0 fully saturated rings. The molecule has 0 radical (unpaired) electrons. The van der Waals surface area contributed by atoms with Gasteiger partial charge >= 0.3 is 18.9 Å². The van der Waals surface area contributed by atoms with Crippen molar-refractivity contribution in [1.29, 1.82) is 0 Å². The summed E-state index contributed by atoms with van der Waals surface area (Å²) in [6.45, 7) is 18.6. The zero-order valence-electron chi connectivity index (χ0n) is 57.6. The molecule has 4 aromatic heterocycles. The van der Waals surface area contributed by atoms with Gasteiger partial charge in [-0.1, -0.05) is 276 Å². The zero-order valence-corrected chi connectivity index (χ0v) is 57.6. The molecular weight excluding hydrogens is 1220 g/mol. The molecule has 0 aliphatic heterocycles. The van der Waals surface area contributed by atoms with E-state index < -0.39 is 0 Å². The summed E-state index contributed by atoms with van der Waals surface area (Å²) in [6, 6.07) is 105. The topological polar surface area (TPSA) is 51.6 Å². The molecule has 5 heteroatoms. The summed E-state index contributed by atoms with van der Waals surface area (Å²) >= 11 is 0. The number of benzene rings is 11. The molecule has 15 aromatic rings. The predicted molar refractivity (Wildman–Crippen MR) is 421 cm³/mol. The number of nitrogens with zero attached hydrogens (tertiary/aromatic N) is 4. The fourth-order valence-corrected chi connectivity index (χ4v) is 16.3. The quantitative estimate of drug-likeness (QED) is 0.123. The minimum atomic E-state index is -0.0987. The molecule has 0 N–H and O–H groups in total. The molecule has 0 unspecified atom stereocenters. The Morgan fingerprint density at radius 2 is 0.505 bits per heavy atom. The van der Waals surface area contributed by atoms with Gasteiger partial charge in [-0.3, -0.25) is 9.97 Å². The number of pyridine rings is 4. The second-order valence-corrected chi connectivity index (χ2v) is 28.8. The van der Waals surface area contributed by atoms with Crippen LogP contribution in [-0.4, -0.2) is 19.9 Å². The normalized spacial score (nSPS) is 14.0. The first-order valence-corrected chi connectivity index (χ1v) is 34.2. The first kappa shape index (κ1) is 67.3. The Bertz CT molecular complexity index is 5330. The van der Waals surface area contributed by atoms with E-state index in [0.29, 0.717) is 0 Å². The van der Waals surface area contributed by atoms with Crippen LogP contribution in [0.15, 0.2) is 298 Å². The third kappa shape index (κ3) is 11.3. The second-order valence-electron chi connectivity index (χ2n) is 28.8. The van der Waals surface area contributed by atoms with E-state index in [2.05, 4.69) is 316 Å². The summed E-state index contributed by atoms with van der Waals surface area (Å²) in [4.78, 5) is 20.7. The van der Waals surface area contributed by atoms with Gasteiger partial charge in [-0.25, -0.2) is 9.97 Å². The summed E-state index contributed by atoms with van der Waals surface area (Å²) in [5.74, 6) is 0. The van der Waals surface area contributed by atoms with Crippen molar-refractivity contribution in [3.05, 3.63) is 348 Å². The average molecular weight is 1300 g/mol. The van der Waals surface area contributed by atoms with E-state index in [9.17, 15) is 0 Å². The fraction of sp³-hybridized carbons (Fsp3) is 0.146. The number of rotatable bonds is 6. The molecule has 4 aliphatic rings. The molecule has 0 atom stereocenters. The van der Waals surface area contributed by atoms with Crippen molar-refractivity contribution in [2.75, 3.05) is 0 Å². The van der Waals surface area contributed by atoms with Gasteiger partial charge in [0.25, 0.3) is 0 Å². The Morgan fingerprint density at radius 1 is 0.228 bits per heavy atom. The van der Waals surface area contributed by atoms with Gasteiger partial charge in [-0.2, -0.15) is 36.4 Å². The Labute approximate surface area is 608 Å². The summed E-state index contributed by atoms with van der Waals surface area (Å²) in [6.07, 6.45) is 3.99. The van der Waals surface area contributed by atoms with Crippen LogP contribution >= 0.6 is 0 Å². The van der Waals surface area contributed by atoms with E-state index in [-0.39, 0.29) is 55.4 Å². The maximum absolute atomic E-state index is 5.48. The molecule has 486 valence electrons. The molecular formula is C96H81LiN4. The van der Waals surface area contributed by atoms with Crippen LogP contribution in [0.3, 0.4) is 0 Å². The van der Waals surface area contributed by atoms with Crippen molar-refractivity contribution in [1.82, 2.24) is 19.9 Å². The van der Waals surface area contributed by atoms with Crippen molar-refractivity contribution >= 4 is 22.1 Å². The molecule has 0 bridgehead atoms. The van der Waals surface area contributed by atoms with Crippen LogP contribution < -0.4 is 18.9 Å². The summed E-state index contributed by atoms with van der Waals surface area (Å²) in [5.41, 5.74) is 38.1. The molecule has 0 saturated carbocycles. The van der Waals surface area contributed by atoms with Gasteiger partial charge in [0.05, 0.1) is 33.5 Å². The SMILES string of the molecule is C.C.CC1(C)c2ccccc2-c2ccc(-c3cc4nc(-c5ccccc5)c(-c5ccc6c(c5)C(C)(C)c5ccccc5-6)cc4nc3-c3ccccc3)cc21.CC1(C)c2ccccc2-c2ccc(-c3cnc4cc(-c5ccc6c(c5)C(C)(C)c5ccccc5-6)cnc4c3)cc21.[Li+].[c-]1ccccc1. The molecule has 0 spiro atoms. The van der Waals surface area contributed by atoms with Crippen LogP contribution in [0.25, 0.3) is 134 Å². The van der Waals surface area contributed by atoms with Crippen LogP contribution in [-0.2, 0) is 21.7 Å². The van der Waals surface area contributed by atoms with Gasteiger partial charge in [-0.05, 0) is 160 Å². The standard InChI is InChI=1S/C50H38N2.C38H30N2.C6H5.2CH4.Li/c1-49(2)41-21-13-11-19-35(41)37-25-23-33(27-43(37)49)39-29-45-46(51-47(39)31-15-7-5-8-16-31)30-40(48(52-45)32-17-9-6-10-18-32)34-24-26-38-36-20-12-14-22-42(36)50(3,4)44(38)28-34;1-37(2)31-11-7-5-9-27(31)29-15-13-23(17-33(29)37)25-19-35-36(39-21-25)20-26(22-40-35)24-14-16-30-28-10-6-8-12-32(28)38(3,4)34(30)18-24;1-2-4-6-5-3-1;;;/h5-30H,1-4H3;5-22H,1-4H3;1-5H;2*1H4;/q;;-1;;;+1. The molecule has 0 amide bonds. The van der Waals surface area contributed by atoms with Gasteiger partial charge in [0.2, 0.25) is 0 Å². The molecule has 11 aromatic carbocycles. The maximum atomic E-state index is 5.48. The molecule has 4 heterocycles. The smallest absolute Gasteiger partial charge is 0.254 e. The maximum Gasteiger partial charge on any atom is 1.00 e. The van der Waals surface area contributed by atoms with Crippen molar-refractivity contribution < 1.29 is 18.9 Å². The van der Waals surface area contributed by atoms with E-state index in [0.717, 1.165) is 78.0 Å². The van der Waals surface area contributed by atoms with Gasteiger partial charge in [0.1, 0.15) is 0 Å². The predicted octanol–water partition coefficient (Wildman–Crippen LogP) is 22.2. The van der Waals surface area contributed by atoms with Crippen molar-refractivity contribution in [3.63, 3.8) is 0 Å². The van der Waals surface area contributed by atoms with Crippen LogP contribution in [0.5, 0.6) is 0 Å². The Balaban J connectivity index is 0.000000158. The Morgan fingerprint density at radius 3 is 0.812 bits per heavy atom. The number of fused-ring (bicyclic) bond motifs is 14. The van der Waals surface area contributed by atoms with Gasteiger partial charge in [0, 0.05) is 67.4 Å². The Hall–Kier alpha value is -10.9. The van der Waals surface area contributed by atoms with Crippen LogP contribution in [0, 0.1) is 6.07 Å². The number of aromatic nitrogens is 4. The summed E-state index contributed by atoms with van der Waals surface area (Å²) in [5, 5.41) is 0. The number of hydrogen-bond acceptors (Lipinski definition) is 4. The van der Waals surface area contributed by atoms with Crippen LogP contribution in [0.2, 0.25) is 0 Å². The van der Waals surface area contributed by atoms with Crippen molar-refractivity contribution in [2.24, 2.45) is 0 Å². The minimum Gasteiger partial charge on any atom is -0.254 e. The van der Waals surface area contributed by atoms with E-state index in [1.54, 1.807) is 0 Å². The van der Waals surface area contributed by atoms with E-state index >= 15 is 0 Å². The third-order valence-corrected chi connectivity index (χ3v) is 21.7. The van der Waals surface area contributed by atoms with Gasteiger partial charge in [-0.15, -0.1) is 0 Å². The third-order valence-electron chi connectivity index (χ3n) is 21.7. The first-order valence-electron chi connectivity index (χ1n) is 34.2. The summed E-state index contributed by atoms with van der Waals surface area (Å²) < 4.78 is 0. The molecule has 19 rings (SSSR count). The molecule has 101 heavy (non-hydrogen) atoms. The van der Waals surface area contributed by atoms with Gasteiger partial charge in [0.15, 0.2) is 0 Å². The Kier molecular flexibility index (Phi) is 17.3. The van der Waals surface area contributed by atoms with Gasteiger partial charge < -0.3 is 0 Å². The van der Waals surface area contributed by atoms with Crippen LogP contribution in [0.1, 0.15) is 115 Å². The van der Waals surface area contributed by atoms with E-state index in [1.807, 2.05) is 42.7 Å². The summed E-state index contributed by atoms with van der Waals surface area (Å²) in [7, 11) is 0. The van der Waals surface area contributed by atoms with Crippen LogP contribution in [0.4, 0.5) is 0 Å².